The quantitative estimate of drug-likeness (QED) is 0.736. The molecule has 1 rings (SSSR count). The van der Waals surface area contributed by atoms with Crippen LogP contribution in [0.4, 0.5) is 5.69 Å². The van der Waals surface area contributed by atoms with Gasteiger partial charge in [0, 0.05) is 30.4 Å². The molecule has 0 radical (unpaired) electrons. The first kappa shape index (κ1) is 13.7. The predicted octanol–water partition coefficient (Wildman–Crippen LogP) is 3.92. The highest BCUT2D eigenvalue weighted by molar-refractivity contribution is 7.98. The summed E-state index contributed by atoms with van der Waals surface area (Å²) in [6, 6.07) is 7.00. The molecule has 0 amide bonds. The molecule has 1 atom stereocenters. The van der Waals surface area contributed by atoms with Gasteiger partial charge in [-0.2, -0.15) is 11.8 Å². The van der Waals surface area contributed by atoms with Gasteiger partial charge >= 0.3 is 0 Å². The lowest BCUT2D eigenvalue weighted by Gasteiger charge is -2.28. The molecular formula is C13H20ClNS. The molecule has 1 aromatic rings. The first-order chi connectivity index (χ1) is 7.60. The number of benzene rings is 1. The highest BCUT2D eigenvalue weighted by Gasteiger charge is 2.11. The van der Waals surface area contributed by atoms with E-state index in [1.165, 1.54) is 16.8 Å². The standard InChI is InChI=1S/C13H20ClNS/c1-10-7-12(8-14)5-6-13(10)15(3)11(2)9-16-4/h5-7,11H,8-9H2,1-4H3. The third kappa shape index (κ3) is 3.33. The Labute approximate surface area is 108 Å². The van der Waals surface area contributed by atoms with Crippen molar-refractivity contribution >= 4 is 29.1 Å². The molecule has 0 saturated heterocycles. The summed E-state index contributed by atoms with van der Waals surface area (Å²) >= 11 is 7.71. The normalized spacial score (nSPS) is 12.6. The van der Waals surface area contributed by atoms with Gasteiger partial charge in [-0.1, -0.05) is 12.1 Å². The summed E-state index contributed by atoms with van der Waals surface area (Å²) in [6.07, 6.45) is 2.15. The molecule has 16 heavy (non-hydrogen) atoms. The van der Waals surface area contributed by atoms with Gasteiger partial charge in [0.15, 0.2) is 0 Å². The minimum atomic E-state index is 0.551. The fourth-order valence-electron chi connectivity index (χ4n) is 1.79. The molecule has 1 nitrogen and oxygen atoms in total. The molecule has 0 aliphatic carbocycles. The van der Waals surface area contributed by atoms with E-state index in [1.54, 1.807) is 0 Å². The summed E-state index contributed by atoms with van der Waals surface area (Å²) < 4.78 is 0. The van der Waals surface area contributed by atoms with Crippen LogP contribution < -0.4 is 4.90 Å². The van der Waals surface area contributed by atoms with Crippen molar-refractivity contribution in [2.24, 2.45) is 0 Å². The predicted molar refractivity (Wildman–Crippen MR) is 77.0 cm³/mol. The first-order valence-corrected chi connectivity index (χ1v) is 7.40. The molecule has 0 bridgehead atoms. The molecule has 1 aromatic carbocycles. The summed E-state index contributed by atoms with van der Waals surface area (Å²) in [5.74, 6) is 1.73. The monoisotopic (exact) mass is 257 g/mol. The van der Waals surface area contributed by atoms with E-state index >= 15 is 0 Å². The van der Waals surface area contributed by atoms with Crippen LogP contribution in [0.5, 0.6) is 0 Å². The molecule has 3 heteroatoms. The average Bonchev–Trinajstić information content (AvgIpc) is 2.28. The zero-order chi connectivity index (χ0) is 12.1. The van der Waals surface area contributed by atoms with Crippen molar-refractivity contribution in [2.45, 2.75) is 25.8 Å². The van der Waals surface area contributed by atoms with Gasteiger partial charge in [0.25, 0.3) is 0 Å². The van der Waals surface area contributed by atoms with Crippen LogP contribution >= 0.6 is 23.4 Å². The Balaban J connectivity index is 2.87. The van der Waals surface area contributed by atoms with E-state index in [0.29, 0.717) is 11.9 Å². The molecule has 90 valence electrons. The van der Waals surface area contributed by atoms with Crippen LogP contribution in [0.2, 0.25) is 0 Å². The van der Waals surface area contributed by atoms with Crippen molar-refractivity contribution in [1.82, 2.24) is 0 Å². The fourth-order valence-corrected chi connectivity index (χ4v) is 2.66. The van der Waals surface area contributed by atoms with Crippen molar-refractivity contribution in [1.29, 1.82) is 0 Å². The van der Waals surface area contributed by atoms with Gasteiger partial charge in [0.2, 0.25) is 0 Å². The Morgan fingerprint density at radius 1 is 1.44 bits per heavy atom. The van der Waals surface area contributed by atoms with Gasteiger partial charge in [0.1, 0.15) is 0 Å². The van der Waals surface area contributed by atoms with Crippen LogP contribution in [-0.4, -0.2) is 25.1 Å². The smallest absolute Gasteiger partial charge is 0.0474 e. The Morgan fingerprint density at radius 2 is 2.12 bits per heavy atom. The molecule has 0 saturated carbocycles. The number of nitrogens with zero attached hydrogens (tertiary/aromatic N) is 1. The number of anilines is 1. The third-order valence-electron chi connectivity index (χ3n) is 2.86. The summed E-state index contributed by atoms with van der Waals surface area (Å²) in [4.78, 5) is 2.34. The zero-order valence-corrected chi connectivity index (χ0v) is 12.0. The van der Waals surface area contributed by atoms with E-state index in [9.17, 15) is 0 Å². The summed E-state index contributed by atoms with van der Waals surface area (Å²) in [7, 11) is 2.16. The van der Waals surface area contributed by atoms with E-state index in [4.69, 9.17) is 11.6 Å². The molecule has 0 aliphatic rings. The van der Waals surface area contributed by atoms with Crippen molar-refractivity contribution in [3.05, 3.63) is 29.3 Å². The lowest BCUT2D eigenvalue weighted by atomic mass is 10.1. The number of hydrogen-bond acceptors (Lipinski definition) is 2. The summed E-state index contributed by atoms with van der Waals surface area (Å²) in [5.41, 5.74) is 3.79. The molecule has 1 unspecified atom stereocenters. The SMILES string of the molecule is CSCC(C)N(C)c1ccc(CCl)cc1C. The van der Waals surface area contributed by atoms with Crippen molar-refractivity contribution in [2.75, 3.05) is 24.0 Å². The van der Waals surface area contributed by atoms with Gasteiger partial charge in [-0.15, -0.1) is 11.6 Å². The van der Waals surface area contributed by atoms with Crippen LogP contribution in [0.1, 0.15) is 18.1 Å². The Bertz CT molecular complexity index is 341. The maximum Gasteiger partial charge on any atom is 0.0474 e. The topological polar surface area (TPSA) is 3.24 Å². The highest BCUT2D eigenvalue weighted by atomic mass is 35.5. The van der Waals surface area contributed by atoms with Crippen molar-refractivity contribution in [3.8, 4) is 0 Å². The molecule has 0 N–H and O–H groups in total. The number of halogens is 1. The van der Waals surface area contributed by atoms with Gasteiger partial charge in [-0.25, -0.2) is 0 Å². The minimum Gasteiger partial charge on any atom is -0.371 e. The van der Waals surface area contributed by atoms with E-state index < -0.39 is 0 Å². The van der Waals surface area contributed by atoms with Crippen LogP contribution in [-0.2, 0) is 5.88 Å². The first-order valence-electron chi connectivity index (χ1n) is 5.47. The number of alkyl halides is 1. The zero-order valence-electron chi connectivity index (χ0n) is 10.5. The number of hydrogen-bond donors (Lipinski definition) is 0. The molecule has 0 aromatic heterocycles. The fraction of sp³-hybridized carbons (Fsp3) is 0.538. The Morgan fingerprint density at radius 3 is 2.62 bits per heavy atom. The summed E-state index contributed by atoms with van der Waals surface area (Å²) in [6.45, 7) is 4.40. The second kappa shape index (κ2) is 6.41. The maximum absolute atomic E-state index is 5.83. The van der Waals surface area contributed by atoms with Crippen LogP contribution in [0.3, 0.4) is 0 Å². The van der Waals surface area contributed by atoms with Crippen LogP contribution in [0.25, 0.3) is 0 Å². The number of rotatable bonds is 5. The van der Waals surface area contributed by atoms with E-state index in [-0.39, 0.29) is 0 Å². The van der Waals surface area contributed by atoms with Gasteiger partial charge in [-0.3, -0.25) is 0 Å². The average molecular weight is 258 g/mol. The third-order valence-corrected chi connectivity index (χ3v) is 3.99. The maximum atomic E-state index is 5.83. The molecule has 0 spiro atoms. The molecule has 0 aliphatic heterocycles. The molecule has 0 heterocycles. The largest absolute Gasteiger partial charge is 0.371 e. The van der Waals surface area contributed by atoms with E-state index in [0.717, 1.165) is 5.75 Å². The van der Waals surface area contributed by atoms with E-state index in [2.05, 4.69) is 50.2 Å². The minimum absolute atomic E-state index is 0.551. The molecule has 0 fully saturated rings. The number of aryl methyl sites for hydroxylation is 1. The second-order valence-corrected chi connectivity index (χ2v) is 5.35. The Kier molecular flexibility index (Phi) is 5.50. The van der Waals surface area contributed by atoms with Crippen LogP contribution in [0.15, 0.2) is 18.2 Å². The highest BCUT2D eigenvalue weighted by Crippen LogP contribution is 2.23. The van der Waals surface area contributed by atoms with Crippen molar-refractivity contribution < 1.29 is 0 Å². The van der Waals surface area contributed by atoms with Crippen LogP contribution in [0, 0.1) is 6.92 Å². The lowest BCUT2D eigenvalue weighted by Crippen LogP contribution is -2.31. The lowest BCUT2D eigenvalue weighted by molar-refractivity contribution is 0.763. The summed E-state index contributed by atoms with van der Waals surface area (Å²) in [5, 5.41) is 0. The van der Waals surface area contributed by atoms with Gasteiger partial charge < -0.3 is 4.90 Å². The molecular weight excluding hydrogens is 238 g/mol. The van der Waals surface area contributed by atoms with Gasteiger partial charge in [-0.05, 0) is 37.3 Å². The van der Waals surface area contributed by atoms with Crippen molar-refractivity contribution in [3.63, 3.8) is 0 Å². The van der Waals surface area contributed by atoms with Gasteiger partial charge in [0.05, 0.1) is 0 Å². The second-order valence-electron chi connectivity index (χ2n) is 4.17. The number of thioether (sulfide) groups is 1. The van der Waals surface area contributed by atoms with E-state index in [1.807, 2.05) is 11.8 Å². The Hall–Kier alpha value is -0.340.